The molecule has 7 heteroatoms. The van der Waals surface area contributed by atoms with Crippen LogP contribution < -0.4 is 10.6 Å². The van der Waals surface area contributed by atoms with Crippen molar-refractivity contribution in [2.24, 2.45) is 4.99 Å². The molecule has 148 valence electrons. The fourth-order valence-corrected chi connectivity index (χ4v) is 2.71. The van der Waals surface area contributed by atoms with E-state index >= 15 is 0 Å². The number of nitrogens with zero attached hydrogens (tertiary/aromatic N) is 2. The maximum absolute atomic E-state index is 5.76. The molecule has 1 aromatic rings. The predicted octanol–water partition coefficient (Wildman–Crippen LogP) is 2.23. The van der Waals surface area contributed by atoms with Crippen LogP contribution in [0.15, 0.2) is 29.3 Å². The fraction of sp³-hybridized carbons (Fsp3) is 0.632. The molecule has 6 nitrogen and oxygen atoms in total. The number of ether oxygens (including phenoxy) is 2. The minimum atomic E-state index is 0. The normalized spacial score (nSPS) is 17.2. The van der Waals surface area contributed by atoms with Gasteiger partial charge in [-0.15, -0.1) is 24.0 Å². The summed E-state index contributed by atoms with van der Waals surface area (Å²) >= 11 is 0. The third-order valence-corrected chi connectivity index (χ3v) is 4.06. The van der Waals surface area contributed by atoms with Crippen LogP contribution in [-0.2, 0) is 22.6 Å². The zero-order valence-corrected chi connectivity index (χ0v) is 18.5. The van der Waals surface area contributed by atoms with E-state index in [0.29, 0.717) is 0 Å². The first-order valence-electron chi connectivity index (χ1n) is 9.04. The lowest BCUT2D eigenvalue weighted by Gasteiger charge is -2.14. The summed E-state index contributed by atoms with van der Waals surface area (Å²) in [7, 11) is 5.96. The van der Waals surface area contributed by atoms with Gasteiger partial charge in [0.25, 0.3) is 0 Å². The van der Waals surface area contributed by atoms with Gasteiger partial charge in [-0.25, -0.2) is 0 Å². The van der Waals surface area contributed by atoms with Crippen LogP contribution in [0.2, 0.25) is 0 Å². The van der Waals surface area contributed by atoms with Gasteiger partial charge >= 0.3 is 0 Å². The zero-order chi connectivity index (χ0) is 17.9. The van der Waals surface area contributed by atoms with Gasteiger partial charge in [0.05, 0.1) is 12.7 Å². The highest BCUT2D eigenvalue weighted by molar-refractivity contribution is 14.0. The number of guanidine groups is 1. The Balaban J connectivity index is 0.00000338. The summed E-state index contributed by atoms with van der Waals surface area (Å²) in [5, 5.41) is 6.67. The van der Waals surface area contributed by atoms with Crippen LogP contribution in [0.5, 0.6) is 0 Å². The summed E-state index contributed by atoms with van der Waals surface area (Å²) in [5.74, 6) is 0.821. The molecule has 1 unspecified atom stereocenters. The number of hydrogen-bond acceptors (Lipinski definition) is 4. The molecule has 26 heavy (non-hydrogen) atoms. The second-order valence-electron chi connectivity index (χ2n) is 6.62. The Kier molecular flexibility index (Phi) is 11.8. The van der Waals surface area contributed by atoms with Crippen molar-refractivity contribution in [3.63, 3.8) is 0 Å². The lowest BCUT2D eigenvalue weighted by atomic mass is 10.1. The van der Waals surface area contributed by atoms with E-state index in [2.05, 4.69) is 58.9 Å². The Morgan fingerprint density at radius 2 is 1.96 bits per heavy atom. The zero-order valence-electron chi connectivity index (χ0n) is 16.2. The van der Waals surface area contributed by atoms with E-state index in [4.69, 9.17) is 9.47 Å². The predicted molar refractivity (Wildman–Crippen MR) is 117 cm³/mol. The van der Waals surface area contributed by atoms with Crippen molar-refractivity contribution < 1.29 is 9.47 Å². The first-order chi connectivity index (χ1) is 12.2. The van der Waals surface area contributed by atoms with Crippen LogP contribution in [-0.4, -0.2) is 64.5 Å². The van der Waals surface area contributed by atoms with Gasteiger partial charge in [0.1, 0.15) is 0 Å². The third-order valence-electron chi connectivity index (χ3n) is 4.06. The van der Waals surface area contributed by atoms with Gasteiger partial charge in [0.2, 0.25) is 0 Å². The summed E-state index contributed by atoms with van der Waals surface area (Å²) in [6.07, 6.45) is 2.26. The Morgan fingerprint density at radius 1 is 1.23 bits per heavy atom. The van der Waals surface area contributed by atoms with E-state index in [1.54, 1.807) is 7.05 Å². The molecule has 1 aliphatic heterocycles. The maximum atomic E-state index is 5.76. The number of halogens is 1. The largest absolute Gasteiger partial charge is 0.379 e. The average molecular weight is 476 g/mol. The van der Waals surface area contributed by atoms with E-state index < -0.39 is 0 Å². The summed E-state index contributed by atoms with van der Waals surface area (Å²) in [5.41, 5.74) is 2.57. The second-order valence-corrected chi connectivity index (χ2v) is 6.62. The molecule has 0 radical (unpaired) electrons. The highest BCUT2D eigenvalue weighted by Gasteiger charge is 2.15. The van der Waals surface area contributed by atoms with E-state index in [1.807, 2.05) is 0 Å². The quantitative estimate of drug-likeness (QED) is 0.248. The van der Waals surface area contributed by atoms with Crippen LogP contribution >= 0.6 is 24.0 Å². The molecule has 0 spiro atoms. The van der Waals surface area contributed by atoms with Gasteiger partial charge in [-0.05, 0) is 38.1 Å². The molecule has 1 fully saturated rings. The molecule has 0 bridgehead atoms. The molecule has 0 amide bonds. The Bertz CT molecular complexity index is 517. The van der Waals surface area contributed by atoms with Crippen molar-refractivity contribution in [3.05, 3.63) is 35.4 Å². The van der Waals surface area contributed by atoms with Crippen LogP contribution in [0.4, 0.5) is 0 Å². The van der Waals surface area contributed by atoms with Gasteiger partial charge in [0, 0.05) is 39.9 Å². The summed E-state index contributed by atoms with van der Waals surface area (Å²) < 4.78 is 11.1. The summed E-state index contributed by atoms with van der Waals surface area (Å²) in [6, 6.07) is 8.68. The van der Waals surface area contributed by atoms with Crippen LogP contribution in [0.1, 0.15) is 24.0 Å². The summed E-state index contributed by atoms with van der Waals surface area (Å²) in [4.78, 5) is 6.43. The van der Waals surface area contributed by atoms with Crippen LogP contribution in [0.25, 0.3) is 0 Å². The molecule has 0 aromatic heterocycles. The van der Waals surface area contributed by atoms with E-state index in [1.165, 1.54) is 11.1 Å². The molecular formula is C19H33IN4O2. The maximum Gasteiger partial charge on any atom is 0.191 e. The Morgan fingerprint density at radius 3 is 2.58 bits per heavy atom. The van der Waals surface area contributed by atoms with Crippen molar-refractivity contribution >= 4 is 29.9 Å². The highest BCUT2D eigenvalue weighted by atomic mass is 127. The topological polar surface area (TPSA) is 58.1 Å². The smallest absolute Gasteiger partial charge is 0.191 e. The molecule has 2 N–H and O–H groups in total. The molecule has 1 atom stereocenters. The molecule has 0 aliphatic carbocycles. The van der Waals surface area contributed by atoms with Gasteiger partial charge < -0.3 is 25.0 Å². The molecule has 2 rings (SSSR count). The number of aliphatic imine (C=N–C) groups is 1. The standard InChI is InChI=1S/C19H32N4O2.HI/c1-20-19(21-10-4-11-25-18-9-12-24-15-18)22-13-16-5-7-17(8-6-16)14-23(2)3;/h5-8,18H,4,9-15H2,1-3H3,(H2,20,21,22);1H. The number of benzene rings is 1. The minimum absolute atomic E-state index is 0. The Labute approximate surface area is 174 Å². The second kappa shape index (κ2) is 13.3. The lowest BCUT2D eigenvalue weighted by molar-refractivity contribution is 0.0420. The van der Waals surface area contributed by atoms with E-state index in [0.717, 1.165) is 58.3 Å². The molecular weight excluding hydrogens is 443 g/mol. The monoisotopic (exact) mass is 476 g/mol. The average Bonchev–Trinajstić information content (AvgIpc) is 3.11. The number of nitrogens with one attached hydrogen (secondary N) is 2. The molecule has 1 heterocycles. The van der Waals surface area contributed by atoms with E-state index in [-0.39, 0.29) is 30.1 Å². The number of rotatable bonds is 9. The van der Waals surface area contributed by atoms with Crippen molar-refractivity contribution in [2.75, 3.05) is 47.5 Å². The highest BCUT2D eigenvalue weighted by Crippen LogP contribution is 2.08. The SMILES string of the molecule is CN=C(NCCCOC1CCOC1)NCc1ccc(CN(C)C)cc1.I. The van der Waals surface area contributed by atoms with Crippen molar-refractivity contribution in [1.29, 1.82) is 0 Å². The van der Waals surface area contributed by atoms with Crippen molar-refractivity contribution in [2.45, 2.75) is 32.0 Å². The van der Waals surface area contributed by atoms with E-state index in [9.17, 15) is 0 Å². The lowest BCUT2D eigenvalue weighted by Crippen LogP contribution is -2.37. The van der Waals surface area contributed by atoms with Gasteiger partial charge in [-0.2, -0.15) is 0 Å². The minimum Gasteiger partial charge on any atom is -0.379 e. The van der Waals surface area contributed by atoms with Crippen LogP contribution in [0.3, 0.4) is 0 Å². The van der Waals surface area contributed by atoms with Gasteiger partial charge in [0.15, 0.2) is 5.96 Å². The number of hydrogen-bond donors (Lipinski definition) is 2. The van der Waals surface area contributed by atoms with Gasteiger partial charge in [-0.1, -0.05) is 24.3 Å². The third kappa shape index (κ3) is 9.16. The molecule has 1 aromatic carbocycles. The van der Waals surface area contributed by atoms with Crippen molar-refractivity contribution in [1.82, 2.24) is 15.5 Å². The fourth-order valence-electron chi connectivity index (χ4n) is 2.71. The molecule has 1 aliphatic rings. The molecule has 0 saturated carbocycles. The van der Waals surface area contributed by atoms with Gasteiger partial charge in [-0.3, -0.25) is 4.99 Å². The Hall–Kier alpha value is -0.900. The van der Waals surface area contributed by atoms with Crippen LogP contribution in [0, 0.1) is 0 Å². The first kappa shape index (κ1) is 23.1. The van der Waals surface area contributed by atoms with Crippen molar-refractivity contribution in [3.8, 4) is 0 Å². The summed E-state index contributed by atoms with van der Waals surface area (Å²) in [6.45, 7) is 4.89. The molecule has 1 saturated heterocycles. The first-order valence-corrected chi connectivity index (χ1v) is 9.04.